The van der Waals surface area contributed by atoms with Gasteiger partial charge in [-0.15, -0.1) is 0 Å². The number of carboxylic acid groups (broad SMARTS) is 1. The second-order valence-electron chi connectivity index (χ2n) is 5.09. The molecule has 104 valence electrons. The minimum atomic E-state index is -0.789. The molecule has 4 heteroatoms. The summed E-state index contributed by atoms with van der Waals surface area (Å²) in [5.74, 6) is -0.0649. The lowest BCUT2D eigenvalue weighted by atomic mass is 9.78. The fourth-order valence-electron chi connectivity index (χ4n) is 3.02. The van der Waals surface area contributed by atoms with Gasteiger partial charge >= 0.3 is 5.97 Å². The van der Waals surface area contributed by atoms with Crippen molar-refractivity contribution in [3.8, 4) is 5.75 Å². The summed E-state index contributed by atoms with van der Waals surface area (Å²) in [7, 11) is 1.59. The maximum atomic E-state index is 11.7. The van der Waals surface area contributed by atoms with Crippen LogP contribution in [0, 0.1) is 0 Å². The molecular weight excluding hydrogens is 264 g/mol. The fourth-order valence-corrected chi connectivity index (χ4v) is 3.36. The largest absolute Gasteiger partial charge is 0.496 e. The number of methoxy groups -OCH3 is 1. The summed E-state index contributed by atoms with van der Waals surface area (Å²) in [6.45, 7) is 2.01. The quantitative estimate of drug-likeness (QED) is 0.913. The molecule has 3 nitrogen and oxygen atoms in total. The van der Waals surface area contributed by atoms with Crippen LogP contribution < -0.4 is 4.74 Å². The lowest BCUT2D eigenvalue weighted by Gasteiger charge is -2.26. The lowest BCUT2D eigenvalue weighted by molar-refractivity contribution is -0.143. The predicted molar refractivity (Wildman–Crippen MR) is 75.2 cm³/mol. The van der Waals surface area contributed by atoms with Crippen LogP contribution in [-0.2, 0) is 16.6 Å². The van der Waals surface area contributed by atoms with Gasteiger partial charge in [-0.1, -0.05) is 31.4 Å². The van der Waals surface area contributed by atoms with Crippen molar-refractivity contribution in [1.82, 2.24) is 0 Å². The maximum absolute atomic E-state index is 11.7. The first-order chi connectivity index (χ1) is 9.05. The van der Waals surface area contributed by atoms with Crippen LogP contribution >= 0.6 is 11.6 Å². The Morgan fingerprint density at radius 2 is 2.05 bits per heavy atom. The van der Waals surface area contributed by atoms with Crippen LogP contribution in [0.1, 0.15) is 43.7 Å². The molecule has 0 saturated heterocycles. The fraction of sp³-hybridized carbons (Fsp3) is 0.533. The van der Waals surface area contributed by atoms with E-state index in [1.165, 1.54) is 0 Å². The van der Waals surface area contributed by atoms with Gasteiger partial charge in [0.05, 0.1) is 12.5 Å². The van der Waals surface area contributed by atoms with Gasteiger partial charge in [-0.25, -0.2) is 0 Å². The van der Waals surface area contributed by atoms with Crippen LogP contribution in [0.5, 0.6) is 5.75 Å². The number of rotatable bonds is 4. The summed E-state index contributed by atoms with van der Waals surface area (Å²) in [5.41, 5.74) is 0.923. The van der Waals surface area contributed by atoms with Crippen molar-refractivity contribution in [2.45, 2.75) is 44.4 Å². The molecule has 0 aliphatic heterocycles. The number of aliphatic carboxylic acids is 1. The summed E-state index contributed by atoms with van der Waals surface area (Å²) in [6, 6.07) is 3.66. The van der Waals surface area contributed by atoms with Crippen LogP contribution in [0.4, 0.5) is 0 Å². The van der Waals surface area contributed by atoms with E-state index in [0.717, 1.165) is 30.4 Å². The van der Waals surface area contributed by atoms with Crippen molar-refractivity contribution in [2.75, 3.05) is 7.11 Å². The van der Waals surface area contributed by atoms with Crippen LogP contribution in [0.3, 0.4) is 0 Å². The zero-order chi connectivity index (χ0) is 14.0. The average molecular weight is 283 g/mol. The summed E-state index contributed by atoms with van der Waals surface area (Å²) in [4.78, 5) is 11.7. The summed E-state index contributed by atoms with van der Waals surface area (Å²) < 4.78 is 5.36. The zero-order valence-electron chi connectivity index (χ0n) is 11.3. The van der Waals surface area contributed by atoms with E-state index < -0.39 is 11.4 Å². The first-order valence-electron chi connectivity index (χ1n) is 6.65. The smallest absolute Gasteiger partial charge is 0.314 e. The Morgan fingerprint density at radius 1 is 1.42 bits per heavy atom. The molecule has 0 unspecified atom stereocenters. The molecule has 1 saturated carbocycles. The number of hydrogen-bond donors (Lipinski definition) is 1. The summed E-state index contributed by atoms with van der Waals surface area (Å²) in [5, 5.41) is 10.2. The summed E-state index contributed by atoms with van der Waals surface area (Å²) >= 11 is 6.29. The molecule has 1 aliphatic rings. The monoisotopic (exact) mass is 282 g/mol. The molecule has 1 N–H and O–H groups in total. The third-order valence-corrected chi connectivity index (χ3v) is 4.48. The highest BCUT2D eigenvalue weighted by atomic mass is 35.5. The van der Waals surface area contributed by atoms with Crippen molar-refractivity contribution in [3.05, 3.63) is 28.3 Å². The van der Waals surface area contributed by atoms with Crippen LogP contribution in [0.2, 0.25) is 5.02 Å². The second kappa shape index (κ2) is 5.41. The average Bonchev–Trinajstić information content (AvgIpc) is 2.88. The molecule has 0 atom stereocenters. The van der Waals surface area contributed by atoms with Gasteiger partial charge < -0.3 is 9.84 Å². The molecule has 0 heterocycles. The first kappa shape index (κ1) is 14.2. The van der Waals surface area contributed by atoms with E-state index in [2.05, 4.69) is 0 Å². The molecule has 1 aromatic carbocycles. The predicted octanol–water partition coefficient (Wildman–Crippen LogP) is 3.81. The summed E-state index contributed by atoms with van der Waals surface area (Å²) in [6.07, 6.45) is 4.01. The SMILES string of the molecule is CCc1c(Cl)cc(C2(C(=O)O)CCCC2)cc1OC. The second-order valence-corrected chi connectivity index (χ2v) is 5.49. The van der Waals surface area contributed by atoms with E-state index in [1.807, 2.05) is 19.1 Å². The zero-order valence-corrected chi connectivity index (χ0v) is 12.1. The third kappa shape index (κ3) is 2.32. The molecule has 1 aliphatic carbocycles. The van der Waals surface area contributed by atoms with E-state index in [0.29, 0.717) is 23.6 Å². The molecule has 0 aromatic heterocycles. The van der Waals surface area contributed by atoms with E-state index in [-0.39, 0.29) is 0 Å². The van der Waals surface area contributed by atoms with Crippen LogP contribution in [-0.4, -0.2) is 18.2 Å². The van der Waals surface area contributed by atoms with Crippen molar-refractivity contribution in [2.24, 2.45) is 0 Å². The van der Waals surface area contributed by atoms with Gasteiger partial charge in [0.2, 0.25) is 0 Å². The van der Waals surface area contributed by atoms with Crippen molar-refractivity contribution >= 4 is 17.6 Å². The van der Waals surface area contributed by atoms with Gasteiger partial charge in [0.25, 0.3) is 0 Å². The molecular formula is C15H19ClO3. The van der Waals surface area contributed by atoms with Crippen LogP contribution in [0.25, 0.3) is 0 Å². The standard InChI is InChI=1S/C15H19ClO3/c1-3-11-12(16)8-10(9-13(11)19-2)15(14(17)18)6-4-5-7-15/h8-9H,3-7H2,1-2H3,(H,17,18). The number of hydrogen-bond acceptors (Lipinski definition) is 2. The molecule has 0 spiro atoms. The van der Waals surface area contributed by atoms with Gasteiger partial charge in [-0.2, -0.15) is 0 Å². The Hall–Kier alpha value is -1.22. The minimum Gasteiger partial charge on any atom is -0.496 e. The van der Waals surface area contributed by atoms with Gasteiger partial charge in [-0.3, -0.25) is 4.79 Å². The van der Waals surface area contributed by atoms with Gasteiger partial charge in [0, 0.05) is 10.6 Å². The van der Waals surface area contributed by atoms with Crippen LogP contribution in [0.15, 0.2) is 12.1 Å². The highest BCUT2D eigenvalue weighted by Gasteiger charge is 2.43. The third-order valence-electron chi connectivity index (χ3n) is 4.15. The van der Waals surface area contributed by atoms with Crippen molar-refractivity contribution in [1.29, 1.82) is 0 Å². The number of benzene rings is 1. The number of carbonyl (C=O) groups is 1. The maximum Gasteiger partial charge on any atom is 0.314 e. The molecule has 2 rings (SSSR count). The van der Waals surface area contributed by atoms with E-state index in [4.69, 9.17) is 16.3 Å². The van der Waals surface area contributed by atoms with Gasteiger partial charge in [0.1, 0.15) is 5.75 Å². The highest BCUT2D eigenvalue weighted by molar-refractivity contribution is 6.31. The number of ether oxygens (including phenoxy) is 1. The first-order valence-corrected chi connectivity index (χ1v) is 7.03. The Morgan fingerprint density at radius 3 is 2.53 bits per heavy atom. The van der Waals surface area contributed by atoms with Gasteiger partial charge in [0.15, 0.2) is 0 Å². The van der Waals surface area contributed by atoms with E-state index >= 15 is 0 Å². The number of carboxylic acids is 1. The molecule has 0 bridgehead atoms. The topological polar surface area (TPSA) is 46.5 Å². The molecule has 1 aromatic rings. The van der Waals surface area contributed by atoms with Gasteiger partial charge in [-0.05, 0) is 37.0 Å². The van der Waals surface area contributed by atoms with E-state index in [9.17, 15) is 9.90 Å². The normalized spacial score (nSPS) is 17.4. The Bertz CT molecular complexity index is 490. The Kier molecular flexibility index (Phi) is 4.04. The molecule has 0 radical (unpaired) electrons. The Balaban J connectivity index is 2.56. The van der Waals surface area contributed by atoms with E-state index in [1.54, 1.807) is 7.11 Å². The molecule has 0 amide bonds. The Labute approximate surface area is 118 Å². The lowest BCUT2D eigenvalue weighted by Crippen LogP contribution is -2.32. The molecule has 19 heavy (non-hydrogen) atoms. The number of halogens is 1. The highest BCUT2D eigenvalue weighted by Crippen LogP contribution is 2.44. The van der Waals surface area contributed by atoms with Crippen molar-refractivity contribution < 1.29 is 14.6 Å². The van der Waals surface area contributed by atoms with Crippen molar-refractivity contribution in [3.63, 3.8) is 0 Å². The minimum absolute atomic E-state index is 0.601. The molecule has 1 fully saturated rings.